The molecule has 0 aliphatic carbocycles. The van der Waals surface area contributed by atoms with Crippen LogP contribution in [0.15, 0.2) is 34.1 Å². The minimum atomic E-state index is -3.76. The molecular formula is C14H16N2O5S. The topological polar surface area (TPSA) is 116 Å². The minimum Gasteiger partial charge on any atom is -0.477 e. The quantitative estimate of drug-likeness (QED) is 0.766. The molecule has 118 valence electrons. The van der Waals surface area contributed by atoms with Crippen molar-refractivity contribution >= 4 is 26.9 Å². The van der Waals surface area contributed by atoms with Gasteiger partial charge in [0.25, 0.3) is 0 Å². The first-order valence-electron chi connectivity index (χ1n) is 6.67. The van der Waals surface area contributed by atoms with E-state index in [0.29, 0.717) is 11.9 Å². The normalized spacial score (nSPS) is 13.2. The zero-order valence-corrected chi connectivity index (χ0v) is 12.9. The molecular weight excluding hydrogens is 308 g/mol. The number of carboxylic acids is 1. The molecule has 8 heteroatoms. The van der Waals surface area contributed by atoms with Crippen LogP contribution in [0, 0.1) is 0 Å². The molecule has 2 aromatic rings. The van der Waals surface area contributed by atoms with Gasteiger partial charge in [-0.25, -0.2) is 17.9 Å². The van der Waals surface area contributed by atoms with E-state index in [4.69, 9.17) is 5.11 Å². The first-order chi connectivity index (χ1) is 10.3. The van der Waals surface area contributed by atoms with Gasteiger partial charge in [-0.2, -0.15) is 0 Å². The number of aromatic amines is 1. The number of sulfonamides is 1. The van der Waals surface area contributed by atoms with E-state index in [1.165, 1.54) is 18.2 Å². The number of carboxylic acid groups (broad SMARTS) is 1. The molecule has 0 amide bonds. The van der Waals surface area contributed by atoms with Gasteiger partial charge in [0.2, 0.25) is 15.5 Å². The van der Waals surface area contributed by atoms with Crippen molar-refractivity contribution in [1.82, 2.24) is 9.71 Å². The highest BCUT2D eigenvalue weighted by Gasteiger charge is 2.19. The Kier molecular flexibility index (Phi) is 4.34. The third kappa shape index (κ3) is 3.02. The Morgan fingerprint density at radius 1 is 1.41 bits per heavy atom. The first kappa shape index (κ1) is 16.2. The highest BCUT2D eigenvalue weighted by molar-refractivity contribution is 7.89. The van der Waals surface area contributed by atoms with Crippen molar-refractivity contribution in [1.29, 1.82) is 0 Å². The van der Waals surface area contributed by atoms with E-state index >= 15 is 0 Å². The van der Waals surface area contributed by atoms with Crippen LogP contribution in [0.4, 0.5) is 0 Å². The van der Waals surface area contributed by atoms with Gasteiger partial charge in [-0.05, 0) is 31.5 Å². The Labute approximate surface area is 127 Å². The maximum atomic E-state index is 12.2. The van der Waals surface area contributed by atoms with Gasteiger partial charge >= 0.3 is 5.97 Å². The lowest BCUT2D eigenvalue weighted by atomic mass is 10.1. The van der Waals surface area contributed by atoms with E-state index < -0.39 is 27.0 Å². The number of nitrogens with one attached hydrogen (secondary N) is 2. The van der Waals surface area contributed by atoms with E-state index in [2.05, 4.69) is 9.71 Å². The van der Waals surface area contributed by atoms with Crippen LogP contribution >= 0.6 is 0 Å². The van der Waals surface area contributed by atoms with Crippen LogP contribution < -0.4 is 10.2 Å². The lowest BCUT2D eigenvalue weighted by Crippen LogP contribution is -2.32. The average molecular weight is 324 g/mol. The third-order valence-corrected chi connectivity index (χ3v) is 4.95. The number of carbonyl (C=O) groups is 1. The third-order valence-electron chi connectivity index (χ3n) is 3.36. The molecule has 1 heterocycles. The van der Waals surface area contributed by atoms with Crippen LogP contribution in [-0.2, 0) is 10.0 Å². The Hall–Kier alpha value is -2.19. The molecule has 7 nitrogen and oxygen atoms in total. The summed E-state index contributed by atoms with van der Waals surface area (Å²) >= 11 is 0. The molecule has 0 bridgehead atoms. The standard InChI is InChI=1S/C14H16N2O5S/c1-3-8(2)16-22(20,21)9-4-5-12-10(6-9)13(17)11(7-15-12)14(18)19/h4-8,16H,3H2,1-2H3,(H,15,17)(H,18,19). The molecule has 1 aromatic heterocycles. The smallest absolute Gasteiger partial charge is 0.341 e. The summed E-state index contributed by atoms with van der Waals surface area (Å²) in [7, 11) is -3.76. The van der Waals surface area contributed by atoms with E-state index in [9.17, 15) is 18.0 Å². The molecule has 0 spiro atoms. The Bertz CT molecular complexity index is 886. The molecule has 3 N–H and O–H groups in total. The molecule has 0 saturated carbocycles. The van der Waals surface area contributed by atoms with Crippen molar-refractivity contribution in [2.45, 2.75) is 31.2 Å². The maximum Gasteiger partial charge on any atom is 0.341 e. The lowest BCUT2D eigenvalue weighted by molar-refractivity contribution is 0.0695. The number of benzene rings is 1. The predicted molar refractivity (Wildman–Crippen MR) is 81.6 cm³/mol. The van der Waals surface area contributed by atoms with Crippen LogP contribution in [-0.4, -0.2) is 30.5 Å². The van der Waals surface area contributed by atoms with Crippen LogP contribution in [0.5, 0.6) is 0 Å². The number of hydrogen-bond acceptors (Lipinski definition) is 4. The second kappa shape index (κ2) is 5.90. The molecule has 1 unspecified atom stereocenters. The van der Waals surface area contributed by atoms with E-state index in [-0.39, 0.29) is 16.3 Å². The summed E-state index contributed by atoms with van der Waals surface area (Å²) in [6, 6.07) is 3.74. The molecule has 0 aliphatic heterocycles. The summed E-state index contributed by atoms with van der Waals surface area (Å²) in [5.41, 5.74) is -0.781. The largest absolute Gasteiger partial charge is 0.477 e. The van der Waals surface area contributed by atoms with Crippen LogP contribution in [0.1, 0.15) is 30.6 Å². The molecule has 22 heavy (non-hydrogen) atoms. The molecule has 0 fully saturated rings. The van der Waals surface area contributed by atoms with Crippen molar-refractivity contribution in [3.63, 3.8) is 0 Å². The van der Waals surface area contributed by atoms with Gasteiger partial charge < -0.3 is 10.1 Å². The van der Waals surface area contributed by atoms with Gasteiger partial charge in [0, 0.05) is 23.1 Å². The molecule has 2 rings (SSSR count). The van der Waals surface area contributed by atoms with Gasteiger partial charge in [-0.1, -0.05) is 6.92 Å². The van der Waals surface area contributed by atoms with Crippen molar-refractivity contribution < 1.29 is 18.3 Å². The molecule has 0 saturated heterocycles. The minimum absolute atomic E-state index is 0.0203. The predicted octanol–water partition coefficient (Wildman–Crippen LogP) is 1.30. The summed E-state index contributed by atoms with van der Waals surface area (Å²) in [5.74, 6) is -1.37. The van der Waals surface area contributed by atoms with Crippen LogP contribution in [0.2, 0.25) is 0 Å². The van der Waals surface area contributed by atoms with Gasteiger partial charge in [0.1, 0.15) is 5.56 Å². The van der Waals surface area contributed by atoms with Crippen LogP contribution in [0.3, 0.4) is 0 Å². The zero-order chi connectivity index (χ0) is 16.5. The number of rotatable bonds is 5. The zero-order valence-electron chi connectivity index (χ0n) is 12.1. The fourth-order valence-electron chi connectivity index (χ4n) is 1.94. The Balaban J connectivity index is 2.61. The fourth-order valence-corrected chi connectivity index (χ4v) is 3.29. The van der Waals surface area contributed by atoms with Gasteiger partial charge in [0.15, 0.2) is 0 Å². The Morgan fingerprint density at radius 3 is 2.68 bits per heavy atom. The summed E-state index contributed by atoms with van der Waals surface area (Å²) in [6.45, 7) is 3.57. The number of aromatic nitrogens is 1. The molecule has 0 aliphatic rings. The maximum absolute atomic E-state index is 12.2. The first-order valence-corrected chi connectivity index (χ1v) is 8.15. The summed E-state index contributed by atoms with van der Waals surface area (Å²) in [4.78, 5) is 25.7. The number of H-pyrrole nitrogens is 1. The van der Waals surface area contributed by atoms with Crippen molar-refractivity contribution in [3.8, 4) is 0 Å². The summed E-state index contributed by atoms with van der Waals surface area (Å²) in [5, 5.41) is 8.97. The van der Waals surface area contributed by atoms with Crippen molar-refractivity contribution in [2.75, 3.05) is 0 Å². The Morgan fingerprint density at radius 2 is 2.09 bits per heavy atom. The van der Waals surface area contributed by atoms with Gasteiger partial charge in [-0.15, -0.1) is 0 Å². The van der Waals surface area contributed by atoms with E-state index in [0.717, 1.165) is 6.20 Å². The number of hydrogen-bond donors (Lipinski definition) is 3. The van der Waals surface area contributed by atoms with Crippen molar-refractivity contribution in [2.24, 2.45) is 0 Å². The monoisotopic (exact) mass is 324 g/mol. The highest BCUT2D eigenvalue weighted by Crippen LogP contribution is 2.16. The van der Waals surface area contributed by atoms with Gasteiger partial charge in [0.05, 0.1) is 4.90 Å². The molecule has 1 atom stereocenters. The lowest BCUT2D eigenvalue weighted by Gasteiger charge is -2.12. The van der Waals surface area contributed by atoms with Crippen molar-refractivity contribution in [3.05, 3.63) is 40.2 Å². The van der Waals surface area contributed by atoms with Crippen LogP contribution in [0.25, 0.3) is 10.9 Å². The number of fused-ring (bicyclic) bond motifs is 1. The molecule has 0 radical (unpaired) electrons. The van der Waals surface area contributed by atoms with E-state index in [1.54, 1.807) is 6.92 Å². The average Bonchev–Trinajstić information content (AvgIpc) is 2.46. The highest BCUT2D eigenvalue weighted by atomic mass is 32.2. The van der Waals surface area contributed by atoms with Gasteiger partial charge in [-0.3, -0.25) is 4.79 Å². The second-order valence-electron chi connectivity index (χ2n) is 4.97. The second-order valence-corrected chi connectivity index (χ2v) is 6.69. The number of pyridine rings is 1. The van der Waals surface area contributed by atoms with E-state index in [1.807, 2.05) is 6.92 Å². The summed E-state index contributed by atoms with van der Waals surface area (Å²) < 4.78 is 27.0. The molecule has 1 aromatic carbocycles. The SMILES string of the molecule is CCC(C)NS(=O)(=O)c1ccc2[nH]cc(C(=O)O)c(=O)c2c1. The summed E-state index contributed by atoms with van der Waals surface area (Å²) in [6.07, 6.45) is 1.72. The fraction of sp³-hybridized carbons (Fsp3) is 0.286. The number of aromatic carboxylic acids is 1.